The smallest absolute Gasteiger partial charge is 0.258 e. The Labute approximate surface area is 110 Å². The van der Waals surface area contributed by atoms with Crippen molar-refractivity contribution in [3.05, 3.63) is 66.5 Å². The molecule has 92 valence electrons. The largest absolute Gasteiger partial charge is 0.307 e. The van der Waals surface area contributed by atoms with Crippen molar-refractivity contribution in [1.29, 1.82) is 0 Å². The van der Waals surface area contributed by atoms with E-state index in [0.29, 0.717) is 11.4 Å². The predicted molar refractivity (Wildman–Crippen MR) is 73.9 cm³/mol. The van der Waals surface area contributed by atoms with Crippen molar-refractivity contribution in [3.8, 4) is 0 Å². The summed E-state index contributed by atoms with van der Waals surface area (Å²) in [5.41, 5.74) is 1.39. The molecule has 1 aromatic carbocycles. The summed E-state index contributed by atoms with van der Waals surface area (Å²) in [4.78, 5) is 20.4. The molecule has 0 spiro atoms. The average molecular weight is 249 g/mol. The van der Waals surface area contributed by atoms with E-state index in [1.165, 1.54) is 0 Å². The number of carbonyl (C=O) groups is 1. The number of hydrogen-bond acceptors (Lipinski definition) is 3. The molecule has 0 fully saturated rings. The molecule has 0 aliphatic carbocycles. The fourth-order valence-electron chi connectivity index (χ4n) is 1.82. The molecule has 3 rings (SSSR count). The van der Waals surface area contributed by atoms with Gasteiger partial charge in [-0.2, -0.15) is 0 Å². The minimum atomic E-state index is -0.211. The lowest BCUT2D eigenvalue weighted by Gasteiger charge is -2.04. The summed E-state index contributed by atoms with van der Waals surface area (Å²) in [5.74, 6) is 0.317. The zero-order valence-electron chi connectivity index (χ0n) is 10.1. The fourth-order valence-corrected chi connectivity index (χ4v) is 1.82. The van der Waals surface area contributed by atoms with Gasteiger partial charge in [0.2, 0.25) is 0 Å². The van der Waals surface area contributed by atoms with Crippen LogP contribution in [0, 0.1) is 0 Å². The highest BCUT2D eigenvalue weighted by atomic mass is 16.1. The summed E-state index contributed by atoms with van der Waals surface area (Å²) in [6, 6.07) is 14.9. The van der Waals surface area contributed by atoms with Crippen molar-refractivity contribution < 1.29 is 4.79 Å². The van der Waals surface area contributed by atoms with Crippen LogP contribution in [0.15, 0.2) is 60.9 Å². The van der Waals surface area contributed by atoms with Crippen LogP contribution in [0.5, 0.6) is 0 Å². The van der Waals surface area contributed by atoms with Crippen LogP contribution in [0.3, 0.4) is 0 Å². The molecule has 0 bridgehead atoms. The summed E-state index contributed by atoms with van der Waals surface area (Å²) in [5, 5.41) is 3.67. The molecule has 0 unspecified atom stereocenters. The predicted octanol–water partition coefficient (Wildman–Crippen LogP) is 2.88. The van der Waals surface area contributed by atoms with Crippen molar-refractivity contribution in [1.82, 2.24) is 9.97 Å². The van der Waals surface area contributed by atoms with E-state index in [0.717, 1.165) is 10.9 Å². The molecule has 0 saturated carbocycles. The highest BCUT2D eigenvalue weighted by Crippen LogP contribution is 2.13. The summed E-state index contributed by atoms with van der Waals surface area (Å²) in [6.45, 7) is 0. The minimum Gasteiger partial charge on any atom is -0.307 e. The number of nitrogens with zero attached hydrogens (tertiary/aromatic N) is 2. The maximum absolute atomic E-state index is 12.1. The lowest BCUT2D eigenvalue weighted by atomic mass is 10.1. The number of nitrogens with one attached hydrogen (secondary N) is 1. The molecule has 1 N–H and O–H groups in total. The molecule has 4 heteroatoms. The van der Waals surface area contributed by atoms with Crippen LogP contribution in [0.2, 0.25) is 0 Å². The second kappa shape index (κ2) is 4.86. The van der Waals surface area contributed by atoms with Gasteiger partial charge < -0.3 is 5.32 Å². The molecule has 3 aromatic rings. The van der Waals surface area contributed by atoms with Gasteiger partial charge in [0.1, 0.15) is 5.82 Å². The number of benzene rings is 1. The lowest BCUT2D eigenvalue weighted by molar-refractivity contribution is 0.102. The highest BCUT2D eigenvalue weighted by molar-refractivity contribution is 6.05. The Hall–Kier alpha value is -2.75. The number of hydrogen-bond donors (Lipinski definition) is 1. The Bertz CT molecular complexity index is 726. The number of anilines is 1. The number of aromatic nitrogens is 2. The SMILES string of the molecule is O=C(Nc1ccccn1)c1cnc2ccccc2c1. The van der Waals surface area contributed by atoms with Gasteiger partial charge in [-0.3, -0.25) is 9.78 Å². The molecule has 0 radical (unpaired) electrons. The number of carbonyl (C=O) groups excluding carboxylic acids is 1. The van der Waals surface area contributed by atoms with Crippen LogP contribution >= 0.6 is 0 Å². The van der Waals surface area contributed by atoms with Gasteiger partial charge in [0.05, 0.1) is 11.1 Å². The van der Waals surface area contributed by atoms with E-state index in [1.54, 1.807) is 24.5 Å². The van der Waals surface area contributed by atoms with Crippen molar-refractivity contribution in [2.45, 2.75) is 0 Å². The Kier molecular flexibility index (Phi) is 2.90. The monoisotopic (exact) mass is 249 g/mol. The minimum absolute atomic E-state index is 0.211. The van der Waals surface area contributed by atoms with Crippen molar-refractivity contribution in [2.24, 2.45) is 0 Å². The molecule has 2 heterocycles. The van der Waals surface area contributed by atoms with E-state index in [1.807, 2.05) is 36.4 Å². The van der Waals surface area contributed by atoms with Gasteiger partial charge in [0.15, 0.2) is 0 Å². The summed E-state index contributed by atoms with van der Waals surface area (Å²) >= 11 is 0. The quantitative estimate of drug-likeness (QED) is 0.759. The first-order valence-electron chi connectivity index (χ1n) is 5.90. The molecule has 4 nitrogen and oxygen atoms in total. The topological polar surface area (TPSA) is 54.9 Å². The highest BCUT2D eigenvalue weighted by Gasteiger charge is 2.07. The lowest BCUT2D eigenvalue weighted by Crippen LogP contribution is -2.13. The van der Waals surface area contributed by atoms with Crippen LogP contribution in [0.25, 0.3) is 10.9 Å². The Morgan fingerprint density at radius 2 is 1.84 bits per heavy atom. The molecule has 0 aliphatic heterocycles. The zero-order valence-corrected chi connectivity index (χ0v) is 10.1. The number of fused-ring (bicyclic) bond motifs is 1. The van der Waals surface area contributed by atoms with E-state index in [9.17, 15) is 4.79 Å². The van der Waals surface area contributed by atoms with Gasteiger partial charge in [0, 0.05) is 17.8 Å². The Morgan fingerprint density at radius 1 is 1.00 bits per heavy atom. The summed E-state index contributed by atoms with van der Waals surface area (Å²) in [7, 11) is 0. The van der Waals surface area contributed by atoms with Crippen molar-refractivity contribution >= 4 is 22.6 Å². The maximum atomic E-state index is 12.1. The van der Waals surface area contributed by atoms with Crippen LogP contribution in [0.1, 0.15) is 10.4 Å². The van der Waals surface area contributed by atoms with Crippen molar-refractivity contribution in [3.63, 3.8) is 0 Å². The molecule has 0 atom stereocenters. The van der Waals surface area contributed by atoms with Gasteiger partial charge in [-0.1, -0.05) is 24.3 Å². The molecule has 2 aromatic heterocycles. The normalized spacial score (nSPS) is 10.3. The molecule has 1 amide bonds. The van der Waals surface area contributed by atoms with Crippen LogP contribution < -0.4 is 5.32 Å². The molecule has 0 aliphatic rings. The van der Waals surface area contributed by atoms with E-state index >= 15 is 0 Å². The van der Waals surface area contributed by atoms with Crippen LogP contribution in [-0.4, -0.2) is 15.9 Å². The number of pyridine rings is 2. The van der Waals surface area contributed by atoms with Gasteiger partial charge in [-0.05, 0) is 24.3 Å². The van der Waals surface area contributed by atoms with E-state index in [-0.39, 0.29) is 5.91 Å². The standard InChI is InChI=1S/C15H11N3O/c19-15(18-14-7-3-4-8-16-14)12-9-11-5-1-2-6-13(11)17-10-12/h1-10H,(H,16,18,19). The first-order chi connectivity index (χ1) is 9.33. The molecule has 0 saturated heterocycles. The number of rotatable bonds is 2. The average Bonchev–Trinajstić information content (AvgIpc) is 2.48. The second-order valence-corrected chi connectivity index (χ2v) is 4.09. The Morgan fingerprint density at radius 3 is 2.68 bits per heavy atom. The third kappa shape index (κ3) is 2.42. The number of amides is 1. The molecular weight excluding hydrogens is 238 g/mol. The van der Waals surface area contributed by atoms with Gasteiger partial charge >= 0.3 is 0 Å². The van der Waals surface area contributed by atoms with Gasteiger partial charge in [0.25, 0.3) is 5.91 Å². The number of para-hydroxylation sites is 1. The van der Waals surface area contributed by atoms with Crippen LogP contribution in [0.4, 0.5) is 5.82 Å². The maximum Gasteiger partial charge on any atom is 0.258 e. The van der Waals surface area contributed by atoms with E-state index in [2.05, 4.69) is 15.3 Å². The fraction of sp³-hybridized carbons (Fsp3) is 0. The van der Waals surface area contributed by atoms with Crippen LogP contribution in [-0.2, 0) is 0 Å². The second-order valence-electron chi connectivity index (χ2n) is 4.09. The summed E-state index contributed by atoms with van der Waals surface area (Å²) in [6.07, 6.45) is 3.20. The van der Waals surface area contributed by atoms with E-state index < -0.39 is 0 Å². The molecule has 19 heavy (non-hydrogen) atoms. The van der Waals surface area contributed by atoms with Gasteiger partial charge in [-0.15, -0.1) is 0 Å². The third-order valence-electron chi connectivity index (χ3n) is 2.76. The third-order valence-corrected chi connectivity index (χ3v) is 2.76. The molecular formula is C15H11N3O. The van der Waals surface area contributed by atoms with Crippen molar-refractivity contribution in [2.75, 3.05) is 5.32 Å². The first kappa shape index (κ1) is 11.3. The summed E-state index contributed by atoms with van der Waals surface area (Å²) < 4.78 is 0. The Balaban J connectivity index is 1.89. The first-order valence-corrected chi connectivity index (χ1v) is 5.90. The van der Waals surface area contributed by atoms with Gasteiger partial charge in [-0.25, -0.2) is 4.98 Å². The van der Waals surface area contributed by atoms with E-state index in [4.69, 9.17) is 0 Å². The zero-order chi connectivity index (χ0) is 13.1.